The van der Waals surface area contributed by atoms with E-state index in [1.54, 1.807) is 0 Å². The van der Waals surface area contributed by atoms with Gasteiger partial charge in [-0.15, -0.1) is 0 Å². The molecule has 0 saturated heterocycles. The lowest BCUT2D eigenvalue weighted by Crippen LogP contribution is -2.39. The second-order valence-corrected chi connectivity index (χ2v) is 5.76. The molecule has 0 aliphatic heterocycles. The average Bonchev–Trinajstić information content (AvgIpc) is 2.40. The first-order valence-corrected chi connectivity index (χ1v) is 7.25. The molecule has 92 valence electrons. The molecule has 17 heavy (non-hydrogen) atoms. The van der Waals surface area contributed by atoms with E-state index in [9.17, 15) is 0 Å². The van der Waals surface area contributed by atoms with Crippen LogP contribution in [0.5, 0.6) is 0 Å². The zero-order valence-corrected chi connectivity index (χ0v) is 10.6. The van der Waals surface area contributed by atoms with Crippen LogP contribution in [0.15, 0.2) is 30.3 Å². The molecule has 2 fully saturated rings. The number of rotatable bonds is 2. The Kier molecular flexibility index (Phi) is 3.35. The second-order valence-electron chi connectivity index (χ2n) is 5.76. The predicted octanol–water partition coefficient (Wildman–Crippen LogP) is 4.46. The Balaban J connectivity index is 1.69. The lowest BCUT2D eigenvalue weighted by molar-refractivity contribution is 0.155. The smallest absolute Gasteiger partial charge is 0.0342 e. The van der Waals surface area contributed by atoms with Gasteiger partial charge in [0.15, 0.2) is 0 Å². The normalized spacial score (nSPS) is 32.8. The number of benzene rings is 1. The zero-order valence-electron chi connectivity index (χ0n) is 10.6. The highest BCUT2D eigenvalue weighted by atomic mass is 14.9. The number of hydrogen-bond acceptors (Lipinski definition) is 1. The van der Waals surface area contributed by atoms with E-state index in [1.165, 1.54) is 50.6 Å². The van der Waals surface area contributed by atoms with Crippen LogP contribution in [0.2, 0.25) is 0 Å². The van der Waals surface area contributed by atoms with E-state index in [0.717, 1.165) is 17.9 Å². The summed E-state index contributed by atoms with van der Waals surface area (Å²) in [5, 5.41) is 3.78. The van der Waals surface area contributed by atoms with Crippen LogP contribution < -0.4 is 5.32 Å². The number of nitrogens with one attached hydrogen (secondary N) is 1. The molecular weight excluding hydrogens is 206 g/mol. The molecule has 0 aromatic heterocycles. The van der Waals surface area contributed by atoms with Gasteiger partial charge in [0.1, 0.15) is 0 Å². The van der Waals surface area contributed by atoms with Crippen molar-refractivity contribution < 1.29 is 0 Å². The zero-order chi connectivity index (χ0) is 11.5. The van der Waals surface area contributed by atoms with E-state index in [2.05, 4.69) is 35.6 Å². The molecule has 0 bridgehead atoms. The quantitative estimate of drug-likeness (QED) is 0.789. The fourth-order valence-electron chi connectivity index (χ4n) is 3.87. The van der Waals surface area contributed by atoms with Crippen molar-refractivity contribution in [1.29, 1.82) is 0 Å². The summed E-state index contributed by atoms with van der Waals surface area (Å²) in [6.45, 7) is 0. The first-order valence-electron chi connectivity index (χ1n) is 7.25. The van der Waals surface area contributed by atoms with Gasteiger partial charge < -0.3 is 5.32 Å². The number of hydrogen-bond donors (Lipinski definition) is 1. The Morgan fingerprint density at radius 3 is 2.47 bits per heavy atom. The van der Waals surface area contributed by atoms with Gasteiger partial charge in [0.25, 0.3) is 0 Å². The first kappa shape index (κ1) is 11.1. The molecule has 0 amide bonds. The lowest BCUT2D eigenvalue weighted by atomic mass is 9.68. The third kappa shape index (κ3) is 2.48. The maximum Gasteiger partial charge on any atom is 0.0342 e. The number of fused-ring (bicyclic) bond motifs is 1. The molecule has 1 N–H and O–H groups in total. The molecule has 3 rings (SSSR count). The van der Waals surface area contributed by atoms with Crippen LogP contribution in [-0.4, -0.2) is 6.04 Å². The maximum atomic E-state index is 3.78. The Morgan fingerprint density at radius 1 is 0.824 bits per heavy atom. The summed E-state index contributed by atoms with van der Waals surface area (Å²) in [4.78, 5) is 0. The highest BCUT2D eigenvalue weighted by Gasteiger charge is 2.34. The Labute approximate surface area is 105 Å². The van der Waals surface area contributed by atoms with Gasteiger partial charge in [0.2, 0.25) is 0 Å². The Bertz CT molecular complexity index is 344. The van der Waals surface area contributed by atoms with Crippen LogP contribution in [-0.2, 0) is 0 Å². The van der Waals surface area contributed by atoms with Crippen LogP contribution in [0.25, 0.3) is 0 Å². The van der Waals surface area contributed by atoms with Crippen molar-refractivity contribution in [3.8, 4) is 0 Å². The summed E-state index contributed by atoms with van der Waals surface area (Å²) >= 11 is 0. The SMILES string of the molecule is c1ccc(NC2CCCC3CCCCC32)cc1. The second kappa shape index (κ2) is 5.12. The third-order valence-corrected chi connectivity index (χ3v) is 4.70. The molecule has 2 saturated carbocycles. The van der Waals surface area contributed by atoms with Crippen molar-refractivity contribution in [3.05, 3.63) is 30.3 Å². The molecule has 1 heteroatoms. The lowest BCUT2D eigenvalue weighted by Gasteiger charge is -2.42. The highest BCUT2D eigenvalue weighted by Crippen LogP contribution is 2.41. The van der Waals surface area contributed by atoms with E-state index < -0.39 is 0 Å². The van der Waals surface area contributed by atoms with Crippen LogP contribution in [0.3, 0.4) is 0 Å². The van der Waals surface area contributed by atoms with Crippen LogP contribution >= 0.6 is 0 Å². The van der Waals surface area contributed by atoms with E-state index in [1.807, 2.05) is 0 Å². The maximum absolute atomic E-state index is 3.78. The summed E-state index contributed by atoms with van der Waals surface area (Å²) in [6, 6.07) is 11.5. The summed E-state index contributed by atoms with van der Waals surface area (Å²) < 4.78 is 0. The summed E-state index contributed by atoms with van der Waals surface area (Å²) in [7, 11) is 0. The summed E-state index contributed by atoms with van der Waals surface area (Å²) in [6.07, 6.45) is 10.1. The standard InChI is InChI=1S/C16H23N/c1-2-9-14(10-3-1)17-16-12-6-8-13-7-4-5-11-15(13)16/h1-3,9-10,13,15-17H,4-8,11-12H2. The van der Waals surface area contributed by atoms with Gasteiger partial charge in [0.05, 0.1) is 0 Å². The van der Waals surface area contributed by atoms with Crippen molar-refractivity contribution in [2.24, 2.45) is 11.8 Å². The minimum atomic E-state index is 0.733. The molecule has 0 spiro atoms. The third-order valence-electron chi connectivity index (χ3n) is 4.70. The van der Waals surface area contributed by atoms with Crippen LogP contribution in [0, 0.1) is 11.8 Å². The first-order chi connectivity index (χ1) is 8.43. The Morgan fingerprint density at radius 2 is 1.59 bits per heavy atom. The van der Waals surface area contributed by atoms with E-state index in [-0.39, 0.29) is 0 Å². The van der Waals surface area contributed by atoms with Gasteiger partial charge in [0, 0.05) is 11.7 Å². The molecule has 0 heterocycles. The summed E-state index contributed by atoms with van der Waals surface area (Å²) in [5.74, 6) is 1.96. The van der Waals surface area contributed by atoms with Crippen LogP contribution in [0.4, 0.5) is 5.69 Å². The predicted molar refractivity (Wildman–Crippen MR) is 73.2 cm³/mol. The monoisotopic (exact) mass is 229 g/mol. The van der Waals surface area contributed by atoms with Crippen molar-refractivity contribution >= 4 is 5.69 Å². The van der Waals surface area contributed by atoms with Crippen molar-refractivity contribution in [1.82, 2.24) is 0 Å². The molecule has 1 aromatic rings. The van der Waals surface area contributed by atoms with Gasteiger partial charge >= 0.3 is 0 Å². The Hall–Kier alpha value is -0.980. The van der Waals surface area contributed by atoms with Crippen molar-refractivity contribution in [2.45, 2.75) is 51.0 Å². The molecule has 0 radical (unpaired) electrons. The molecule has 2 aliphatic rings. The van der Waals surface area contributed by atoms with Gasteiger partial charge in [-0.05, 0) is 36.8 Å². The topological polar surface area (TPSA) is 12.0 Å². The number of anilines is 1. The van der Waals surface area contributed by atoms with Gasteiger partial charge in [-0.2, -0.15) is 0 Å². The van der Waals surface area contributed by atoms with Gasteiger partial charge in [-0.1, -0.05) is 50.3 Å². The van der Waals surface area contributed by atoms with E-state index in [4.69, 9.17) is 0 Å². The molecule has 2 aliphatic carbocycles. The largest absolute Gasteiger partial charge is 0.382 e. The van der Waals surface area contributed by atoms with Crippen molar-refractivity contribution in [2.75, 3.05) is 5.32 Å². The average molecular weight is 229 g/mol. The van der Waals surface area contributed by atoms with Gasteiger partial charge in [-0.3, -0.25) is 0 Å². The van der Waals surface area contributed by atoms with Crippen LogP contribution in [0.1, 0.15) is 44.9 Å². The molecule has 1 nitrogen and oxygen atoms in total. The highest BCUT2D eigenvalue weighted by molar-refractivity contribution is 5.43. The minimum absolute atomic E-state index is 0.733. The molecule has 3 unspecified atom stereocenters. The fraction of sp³-hybridized carbons (Fsp3) is 0.625. The fourth-order valence-corrected chi connectivity index (χ4v) is 3.87. The summed E-state index contributed by atoms with van der Waals surface area (Å²) in [5.41, 5.74) is 1.31. The molecular formula is C16H23N. The minimum Gasteiger partial charge on any atom is -0.382 e. The molecule has 3 atom stereocenters. The number of para-hydroxylation sites is 1. The molecule has 1 aromatic carbocycles. The van der Waals surface area contributed by atoms with Gasteiger partial charge in [-0.25, -0.2) is 0 Å². The van der Waals surface area contributed by atoms with E-state index in [0.29, 0.717) is 0 Å². The van der Waals surface area contributed by atoms with E-state index >= 15 is 0 Å². The van der Waals surface area contributed by atoms with Crippen molar-refractivity contribution in [3.63, 3.8) is 0 Å².